The molecule has 0 saturated heterocycles. The van der Waals surface area contributed by atoms with Crippen LogP contribution in [-0.2, 0) is 4.79 Å². The van der Waals surface area contributed by atoms with E-state index in [1.165, 1.54) is 0 Å². The minimum atomic E-state index is -1.06. The summed E-state index contributed by atoms with van der Waals surface area (Å²) >= 11 is 7.09. The molecule has 0 atom stereocenters. The monoisotopic (exact) mass is 494 g/mol. The first-order valence-electron chi connectivity index (χ1n) is 10.4. The number of halogens is 1. The van der Waals surface area contributed by atoms with Crippen molar-refractivity contribution in [2.75, 3.05) is 7.11 Å². The van der Waals surface area contributed by atoms with Crippen molar-refractivity contribution >= 4 is 35.4 Å². The average molecular weight is 495 g/mol. The van der Waals surface area contributed by atoms with Crippen LogP contribution in [0.15, 0.2) is 58.6 Å². The Bertz CT molecular complexity index is 1410. The van der Waals surface area contributed by atoms with Crippen LogP contribution in [0.4, 0.5) is 0 Å². The van der Waals surface area contributed by atoms with E-state index in [9.17, 15) is 9.90 Å². The molecule has 174 valence electrons. The number of aromatic nitrogens is 4. The molecule has 0 spiro atoms. The number of aryl methyl sites for hydroxylation is 2. The third-order valence-corrected chi connectivity index (χ3v) is 6.42. The van der Waals surface area contributed by atoms with Crippen LogP contribution in [-0.4, -0.2) is 37.9 Å². The van der Waals surface area contributed by atoms with Gasteiger partial charge in [0.05, 0.1) is 12.7 Å². The number of thioether (sulfide) groups is 1. The van der Waals surface area contributed by atoms with E-state index in [4.69, 9.17) is 16.3 Å². The molecule has 2 aromatic carbocycles. The summed E-state index contributed by atoms with van der Waals surface area (Å²) in [6.07, 6.45) is 1.65. The van der Waals surface area contributed by atoms with E-state index in [-0.39, 0.29) is 10.1 Å². The Morgan fingerprint density at radius 3 is 2.68 bits per heavy atom. The Morgan fingerprint density at radius 2 is 1.97 bits per heavy atom. The van der Waals surface area contributed by atoms with Crippen LogP contribution in [0.5, 0.6) is 5.75 Å². The maximum atomic E-state index is 12.0. The maximum Gasteiger partial charge on any atom is 0.342 e. The normalized spacial score (nSPS) is 11.6. The number of ether oxygens (including phenoxy) is 1. The molecule has 34 heavy (non-hydrogen) atoms. The van der Waals surface area contributed by atoms with E-state index in [1.54, 1.807) is 31.4 Å². The molecule has 0 amide bonds. The van der Waals surface area contributed by atoms with Crippen molar-refractivity contribution in [3.63, 3.8) is 0 Å². The van der Waals surface area contributed by atoms with Gasteiger partial charge in [-0.1, -0.05) is 23.7 Å². The molecule has 0 saturated carbocycles. The standard InChI is InChI=1S/C25H23ClN4O3S/c1-14-6-5-7-19(10-14)30-15(2)11-17(16(30)3)12-22(24(31)32)34-25-27-23(28-29-25)20-13-18(26)8-9-21(20)33-4/h5-13H,1-4H3,(H,31,32)(H,27,28,29)/b22-12+. The average Bonchev–Trinajstić information content (AvgIpc) is 3.37. The summed E-state index contributed by atoms with van der Waals surface area (Å²) in [6.45, 7) is 6.02. The van der Waals surface area contributed by atoms with Crippen molar-refractivity contribution in [2.45, 2.75) is 25.9 Å². The van der Waals surface area contributed by atoms with Crippen LogP contribution in [0.25, 0.3) is 23.2 Å². The van der Waals surface area contributed by atoms with E-state index in [2.05, 4.69) is 25.8 Å². The molecule has 4 rings (SSSR count). The largest absolute Gasteiger partial charge is 0.496 e. The number of aromatic amines is 1. The Hall–Kier alpha value is -3.49. The second-order valence-electron chi connectivity index (χ2n) is 7.73. The van der Waals surface area contributed by atoms with Gasteiger partial charge in [-0.25, -0.2) is 9.78 Å². The number of H-pyrrole nitrogens is 1. The smallest absolute Gasteiger partial charge is 0.342 e. The van der Waals surface area contributed by atoms with Crippen LogP contribution in [0.1, 0.15) is 22.5 Å². The lowest BCUT2D eigenvalue weighted by atomic mass is 10.2. The topological polar surface area (TPSA) is 93.0 Å². The van der Waals surface area contributed by atoms with Crippen LogP contribution in [0.2, 0.25) is 5.02 Å². The van der Waals surface area contributed by atoms with Gasteiger partial charge in [0.1, 0.15) is 10.7 Å². The van der Waals surface area contributed by atoms with E-state index in [0.29, 0.717) is 22.2 Å². The highest BCUT2D eigenvalue weighted by atomic mass is 35.5. The van der Waals surface area contributed by atoms with Gasteiger partial charge in [-0.15, -0.1) is 5.10 Å². The van der Waals surface area contributed by atoms with Gasteiger partial charge in [0.2, 0.25) is 5.16 Å². The summed E-state index contributed by atoms with van der Waals surface area (Å²) in [7, 11) is 1.55. The summed E-state index contributed by atoms with van der Waals surface area (Å²) < 4.78 is 7.48. The van der Waals surface area contributed by atoms with Crippen molar-refractivity contribution < 1.29 is 14.6 Å². The van der Waals surface area contributed by atoms with Gasteiger partial charge < -0.3 is 14.4 Å². The summed E-state index contributed by atoms with van der Waals surface area (Å²) in [5.41, 5.74) is 5.60. The Balaban J connectivity index is 1.66. The fourth-order valence-electron chi connectivity index (χ4n) is 3.75. The maximum absolute atomic E-state index is 12.0. The van der Waals surface area contributed by atoms with Crippen molar-refractivity contribution in [2.24, 2.45) is 0 Å². The van der Waals surface area contributed by atoms with Crippen LogP contribution < -0.4 is 4.74 Å². The first-order valence-corrected chi connectivity index (χ1v) is 11.6. The van der Waals surface area contributed by atoms with Crippen LogP contribution >= 0.6 is 23.4 Å². The molecule has 0 unspecified atom stereocenters. The molecule has 4 aromatic rings. The van der Waals surface area contributed by atoms with Gasteiger partial charge in [0.25, 0.3) is 0 Å². The molecule has 0 bridgehead atoms. The lowest BCUT2D eigenvalue weighted by Gasteiger charge is -2.10. The highest BCUT2D eigenvalue weighted by Crippen LogP contribution is 2.33. The number of nitrogens with one attached hydrogen (secondary N) is 1. The molecule has 9 heteroatoms. The van der Waals surface area contributed by atoms with Gasteiger partial charge in [0.15, 0.2) is 5.82 Å². The van der Waals surface area contributed by atoms with Gasteiger partial charge in [-0.2, -0.15) is 0 Å². The quantitative estimate of drug-likeness (QED) is 0.239. The first-order chi connectivity index (χ1) is 16.3. The summed E-state index contributed by atoms with van der Waals surface area (Å²) in [5.74, 6) is -0.0454. The number of aliphatic carboxylic acids is 1. The Labute approximate surface area is 206 Å². The molecule has 2 heterocycles. The van der Waals surface area contributed by atoms with E-state index < -0.39 is 5.97 Å². The summed E-state index contributed by atoms with van der Waals surface area (Å²) in [4.78, 5) is 16.6. The molecule has 2 N–H and O–H groups in total. The van der Waals surface area contributed by atoms with Crippen molar-refractivity contribution in [3.8, 4) is 22.8 Å². The zero-order chi connectivity index (χ0) is 24.4. The molecular weight excluding hydrogens is 472 g/mol. The first kappa shape index (κ1) is 23.7. The van der Waals surface area contributed by atoms with Gasteiger partial charge in [-0.3, -0.25) is 5.10 Å². The molecule has 2 aromatic heterocycles. The van der Waals surface area contributed by atoms with Crippen molar-refractivity contribution in [3.05, 3.63) is 81.0 Å². The minimum Gasteiger partial charge on any atom is -0.496 e. The Kier molecular flexibility index (Phi) is 6.81. The van der Waals surface area contributed by atoms with Crippen molar-refractivity contribution in [1.82, 2.24) is 19.7 Å². The summed E-state index contributed by atoms with van der Waals surface area (Å²) in [5, 5.41) is 17.7. The number of benzene rings is 2. The molecule has 0 aliphatic rings. The predicted molar refractivity (Wildman–Crippen MR) is 135 cm³/mol. The molecule has 7 nitrogen and oxygen atoms in total. The molecular formula is C25H23ClN4O3S. The van der Waals surface area contributed by atoms with Gasteiger partial charge in [-0.05, 0) is 86.1 Å². The third-order valence-electron chi connectivity index (χ3n) is 5.31. The fourth-order valence-corrected chi connectivity index (χ4v) is 4.62. The lowest BCUT2D eigenvalue weighted by molar-refractivity contribution is -0.131. The van der Waals surface area contributed by atoms with E-state index in [1.807, 2.05) is 45.0 Å². The van der Waals surface area contributed by atoms with Gasteiger partial charge >= 0.3 is 5.97 Å². The highest BCUT2D eigenvalue weighted by molar-refractivity contribution is 8.04. The SMILES string of the molecule is COc1ccc(Cl)cc1-c1nc(S/C(=C/c2cc(C)n(-c3cccc(C)c3)c2C)C(=O)O)n[nH]1. The van der Waals surface area contributed by atoms with Gasteiger partial charge in [0, 0.05) is 22.1 Å². The predicted octanol–water partition coefficient (Wildman–Crippen LogP) is 6.07. The number of rotatable bonds is 7. The molecule has 0 radical (unpaired) electrons. The molecule has 0 aliphatic heterocycles. The number of carboxylic acid groups (broad SMARTS) is 1. The zero-order valence-corrected chi connectivity index (χ0v) is 20.7. The second-order valence-corrected chi connectivity index (χ2v) is 9.17. The van der Waals surface area contributed by atoms with Crippen molar-refractivity contribution in [1.29, 1.82) is 0 Å². The third kappa shape index (κ3) is 4.88. The molecule has 0 fully saturated rings. The minimum absolute atomic E-state index is 0.105. The second kappa shape index (κ2) is 9.79. The van der Waals surface area contributed by atoms with Crippen LogP contribution in [0.3, 0.4) is 0 Å². The fraction of sp³-hybridized carbons (Fsp3) is 0.160. The lowest BCUT2D eigenvalue weighted by Crippen LogP contribution is -2.00. The number of carbonyl (C=O) groups is 1. The number of nitrogens with zero attached hydrogens (tertiary/aromatic N) is 3. The number of hydrogen-bond acceptors (Lipinski definition) is 5. The number of methoxy groups -OCH3 is 1. The van der Waals surface area contributed by atoms with Crippen LogP contribution in [0, 0.1) is 20.8 Å². The molecule has 0 aliphatic carbocycles. The van der Waals surface area contributed by atoms with E-state index >= 15 is 0 Å². The van der Waals surface area contributed by atoms with E-state index in [0.717, 1.165) is 40.0 Å². The zero-order valence-electron chi connectivity index (χ0n) is 19.1. The number of hydrogen-bond donors (Lipinski definition) is 2. The highest BCUT2D eigenvalue weighted by Gasteiger charge is 2.18. The number of carboxylic acids is 1. The Morgan fingerprint density at radius 1 is 1.18 bits per heavy atom. The summed E-state index contributed by atoms with van der Waals surface area (Å²) in [6, 6.07) is 15.3.